The van der Waals surface area contributed by atoms with E-state index in [-0.39, 0.29) is 43.4 Å². The lowest BCUT2D eigenvalue weighted by Crippen LogP contribution is -2.54. The molecule has 37 heavy (non-hydrogen) atoms. The number of rotatable bonds is 2. The van der Waals surface area contributed by atoms with Crippen molar-refractivity contribution in [1.82, 2.24) is 4.90 Å². The van der Waals surface area contributed by atoms with Crippen molar-refractivity contribution in [2.75, 3.05) is 16.8 Å². The number of ether oxygens (including phenoxy) is 1. The van der Waals surface area contributed by atoms with E-state index in [9.17, 15) is 19.2 Å². The second-order valence-corrected chi connectivity index (χ2v) is 11.7. The third-order valence-corrected chi connectivity index (χ3v) is 8.82. The van der Waals surface area contributed by atoms with Gasteiger partial charge in [-0.3, -0.25) is 24.1 Å². The van der Waals surface area contributed by atoms with Crippen molar-refractivity contribution < 1.29 is 23.9 Å². The molecule has 1 spiro atoms. The number of nitrogens with zero attached hydrogens (tertiary/aromatic N) is 2. The van der Waals surface area contributed by atoms with Crippen molar-refractivity contribution >= 4 is 93.1 Å². The molecule has 13 heteroatoms. The minimum Gasteiger partial charge on any atom is -0.423 e. The summed E-state index contributed by atoms with van der Waals surface area (Å²) in [5.41, 5.74) is -0.917. The highest BCUT2D eigenvalue weighted by molar-refractivity contribution is 6.39. The molecule has 4 unspecified atom stereocenters. The third-order valence-electron chi connectivity index (χ3n) is 7.49. The van der Waals surface area contributed by atoms with Gasteiger partial charge < -0.3 is 10.1 Å². The number of hydrogen-bond donors (Lipinski definition) is 1. The molecule has 192 valence electrons. The van der Waals surface area contributed by atoms with Crippen LogP contribution in [-0.4, -0.2) is 46.6 Å². The Hall–Kier alpha value is -2.07. The van der Waals surface area contributed by atoms with Crippen LogP contribution in [0.2, 0.25) is 20.1 Å². The SMILES string of the molecule is CC(=O)Oc1c(Cl)cc(Cl)cc1N1C(=O)C2C3C[C@H](Cl)CN3C3(C(=O)Nc4c(Cl)cc(Cl)cc43)C2C1=O. The maximum Gasteiger partial charge on any atom is 0.308 e. The molecular formula is C24H16Cl5N3O5. The maximum absolute atomic E-state index is 14.2. The second kappa shape index (κ2) is 8.46. The van der Waals surface area contributed by atoms with E-state index in [0.717, 1.165) is 11.8 Å². The fourth-order valence-electron chi connectivity index (χ4n) is 6.38. The van der Waals surface area contributed by atoms with E-state index in [1.807, 2.05) is 4.90 Å². The minimum atomic E-state index is -1.58. The molecule has 3 fully saturated rings. The van der Waals surface area contributed by atoms with E-state index in [1.54, 1.807) is 6.07 Å². The van der Waals surface area contributed by atoms with Crippen LogP contribution in [0.3, 0.4) is 0 Å². The van der Waals surface area contributed by atoms with Gasteiger partial charge in [0.1, 0.15) is 5.54 Å². The summed E-state index contributed by atoms with van der Waals surface area (Å²) < 4.78 is 5.27. The number of fused-ring (bicyclic) bond motifs is 7. The summed E-state index contributed by atoms with van der Waals surface area (Å²) in [6.45, 7) is 1.44. The number of hydrogen-bond acceptors (Lipinski definition) is 6. The van der Waals surface area contributed by atoms with Gasteiger partial charge in [-0.05, 0) is 30.7 Å². The van der Waals surface area contributed by atoms with E-state index in [1.165, 1.54) is 18.2 Å². The molecular weight excluding hydrogens is 588 g/mol. The largest absolute Gasteiger partial charge is 0.423 e. The van der Waals surface area contributed by atoms with Crippen LogP contribution in [0, 0.1) is 11.8 Å². The molecule has 6 rings (SSSR count). The molecule has 1 N–H and O–H groups in total. The zero-order valence-corrected chi connectivity index (χ0v) is 22.6. The van der Waals surface area contributed by atoms with Crippen LogP contribution in [0.5, 0.6) is 5.75 Å². The van der Waals surface area contributed by atoms with Gasteiger partial charge in [0.25, 0.3) is 5.91 Å². The molecule has 3 saturated heterocycles. The van der Waals surface area contributed by atoms with E-state index < -0.39 is 47.1 Å². The number of anilines is 2. The van der Waals surface area contributed by atoms with Crippen LogP contribution in [-0.2, 0) is 24.7 Å². The molecule has 2 aromatic carbocycles. The van der Waals surface area contributed by atoms with Gasteiger partial charge in [0.2, 0.25) is 11.8 Å². The Balaban J connectivity index is 1.58. The molecule has 4 heterocycles. The van der Waals surface area contributed by atoms with Crippen LogP contribution < -0.4 is 15.0 Å². The fourth-order valence-corrected chi connectivity index (χ4v) is 7.77. The highest BCUT2D eigenvalue weighted by atomic mass is 35.5. The van der Waals surface area contributed by atoms with Crippen LogP contribution >= 0.6 is 58.0 Å². The van der Waals surface area contributed by atoms with Gasteiger partial charge in [0.05, 0.1) is 33.3 Å². The number of benzene rings is 2. The van der Waals surface area contributed by atoms with Gasteiger partial charge in [-0.1, -0.05) is 46.4 Å². The zero-order valence-electron chi connectivity index (χ0n) is 18.9. The predicted molar refractivity (Wildman–Crippen MR) is 139 cm³/mol. The standard InChI is InChI=1S/C24H16Cl5N3O5/c1-8(33)37-20-14(29)4-10(26)5-16(20)32-21(34)17-15-6-11(27)7-31(15)24(18(17)22(32)35)12-2-9(25)3-13(28)19(12)30-23(24)36/h2-5,11,15,17-18H,6-7H2,1H3,(H,30,36)/t11-,15?,17?,18?,24?/m0/s1. The third kappa shape index (κ3) is 3.33. The van der Waals surface area contributed by atoms with Gasteiger partial charge in [0, 0.05) is 40.5 Å². The lowest BCUT2D eigenvalue weighted by Gasteiger charge is -2.37. The molecule has 3 amide bonds. The first-order valence-corrected chi connectivity index (χ1v) is 13.2. The number of carbonyl (C=O) groups excluding carboxylic acids is 4. The number of esters is 1. The van der Waals surface area contributed by atoms with Crippen molar-refractivity contribution in [3.8, 4) is 5.75 Å². The molecule has 4 aliphatic rings. The topological polar surface area (TPSA) is 96.0 Å². The molecule has 0 bridgehead atoms. The van der Waals surface area contributed by atoms with E-state index in [0.29, 0.717) is 17.7 Å². The minimum absolute atomic E-state index is 0.0593. The van der Waals surface area contributed by atoms with E-state index in [2.05, 4.69) is 5.32 Å². The Morgan fingerprint density at radius 3 is 2.41 bits per heavy atom. The molecule has 0 aromatic heterocycles. The van der Waals surface area contributed by atoms with Gasteiger partial charge in [-0.15, -0.1) is 11.6 Å². The van der Waals surface area contributed by atoms with Gasteiger partial charge in [-0.2, -0.15) is 0 Å². The van der Waals surface area contributed by atoms with Gasteiger partial charge >= 0.3 is 5.97 Å². The Kier molecular flexibility index (Phi) is 5.77. The van der Waals surface area contributed by atoms with E-state index >= 15 is 0 Å². The highest BCUT2D eigenvalue weighted by Crippen LogP contribution is 2.62. The zero-order chi connectivity index (χ0) is 26.5. The van der Waals surface area contributed by atoms with Crippen molar-refractivity contribution in [3.05, 3.63) is 49.9 Å². The Bertz CT molecular complexity index is 1450. The average Bonchev–Trinajstić information content (AvgIpc) is 3.46. The summed E-state index contributed by atoms with van der Waals surface area (Å²) in [5, 5.41) is 2.99. The molecule has 0 radical (unpaired) electrons. The Labute approximate surface area is 235 Å². The summed E-state index contributed by atoms with van der Waals surface area (Å²) >= 11 is 31.8. The fraction of sp³-hybridized carbons (Fsp3) is 0.333. The van der Waals surface area contributed by atoms with E-state index in [4.69, 9.17) is 62.7 Å². The Morgan fingerprint density at radius 2 is 1.70 bits per heavy atom. The lowest BCUT2D eigenvalue weighted by molar-refractivity contribution is -0.135. The number of halogens is 5. The summed E-state index contributed by atoms with van der Waals surface area (Å²) in [7, 11) is 0. The van der Waals surface area contributed by atoms with Crippen molar-refractivity contribution in [3.63, 3.8) is 0 Å². The quantitative estimate of drug-likeness (QED) is 0.228. The van der Waals surface area contributed by atoms with Crippen LogP contribution in [0.15, 0.2) is 24.3 Å². The molecule has 5 atom stereocenters. The van der Waals surface area contributed by atoms with Crippen LogP contribution in [0.25, 0.3) is 0 Å². The molecule has 4 aliphatic heterocycles. The molecule has 8 nitrogen and oxygen atoms in total. The maximum atomic E-state index is 14.2. The summed E-state index contributed by atoms with van der Waals surface area (Å²) in [6.07, 6.45) is 0.376. The summed E-state index contributed by atoms with van der Waals surface area (Å²) in [6, 6.07) is 5.22. The molecule has 2 aromatic rings. The van der Waals surface area contributed by atoms with Gasteiger partial charge in [0.15, 0.2) is 5.75 Å². The predicted octanol–water partition coefficient (Wildman–Crippen LogP) is 4.87. The first-order valence-electron chi connectivity index (χ1n) is 11.2. The number of alkyl halides is 1. The van der Waals surface area contributed by atoms with Crippen molar-refractivity contribution in [1.29, 1.82) is 0 Å². The van der Waals surface area contributed by atoms with Gasteiger partial charge in [-0.25, -0.2) is 4.90 Å². The van der Waals surface area contributed by atoms with Crippen LogP contribution in [0.4, 0.5) is 11.4 Å². The first kappa shape index (κ1) is 25.2. The summed E-state index contributed by atoms with van der Waals surface area (Å²) in [4.78, 5) is 56.6. The van der Waals surface area contributed by atoms with Crippen molar-refractivity contribution in [2.45, 2.75) is 30.3 Å². The normalized spacial score (nSPS) is 30.1. The molecule has 0 saturated carbocycles. The Morgan fingerprint density at radius 1 is 1.03 bits per heavy atom. The summed E-state index contributed by atoms with van der Waals surface area (Å²) in [5.74, 6) is -4.68. The molecule has 0 aliphatic carbocycles. The second-order valence-electron chi connectivity index (χ2n) is 9.43. The first-order chi connectivity index (χ1) is 17.5. The number of carbonyl (C=O) groups is 4. The number of nitrogens with one attached hydrogen (secondary N) is 1. The van der Waals surface area contributed by atoms with Crippen LogP contribution in [0.1, 0.15) is 18.9 Å². The number of amides is 3. The average molecular weight is 604 g/mol. The van der Waals surface area contributed by atoms with Crippen molar-refractivity contribution in [2.24, 2.45) is 11.8 Å². The highest BCUT2D eigenvalue weighted by Gasteiger charge is 2.75. The number of imide groups is 1. The monoisotopic (exact) mass is 601 g/mol. The smallest absolute Gasteiger partial charge is 0.308 e. The lowest BCUT2D eigenvalue weighted by atomic mass is 9.75.